The minimum Gasteiger partial charge on any atom is -0.390 e. The second-order valence-corrected chi connectivity index (χ2v) is 8.60. The molecule has 4 unspecified atom stereocenters. The Hall–Kier alpha value is -0.130. The maximum Gasteiger partial charge on any atom is 0.150 e. The fourth-order valence-electron chi connectivity index (χ4n) is 3.72. The van der Waals surface area contributed by atoms with Crippen LogP contribution in [0, 0.1) is 5.92 Å². The summed E-state index contributed by atoms with van der Waals surface area (Å²) in [5.74, 6) is 0.109. The van der Waals surface area contributed by atoms with Gasteiger partial charge in [-0.05, 0) is 50.9 Å². The Morgan fingerprint density at radius 1 is 1.22 bits per heavy atom. The lowest BCUT2D eigenvalue weighted by atomic mass is 9.69. The summed E-state index contributed by atoms with van der Waals surface area (Å²) in [4.78, 5) is 0. The summed E-state index contributed by atoms with van der Waals surface area (Å²) < 4.78 is 23.4. The zero-order chi connectivity index (χ0) is 13.4. The Balaban J connectivity index is 2.08. The zero-order valence-corrected chi connectivity index (χ0v) is 12.0. The van der Waals surface area contributed by atoms with E-state index in [4.69, 9.17) is 5.73 Å². The maximum atomic E-state index is 11.7. The first-order chi connectivity index (χ1) is 8.31. The minimum atomic E-state index is -2.98. The van der Waals surface area contributed by atoms with Crippen molar-refractivity contribution in [3.63, 3.8) is 0 Å². The molecule has 0 bridgehead atoms. The molecule has 4 atom stereocenters. The van der Waals surface area contributed by atoms with E-state index in [1.54, 1.807) is 0 Å². The molecule has 5 heteroatoms. The molecule has 0 aliphatic heterocycles. The first-order valence-electron chi connectivity index (χ1n) is 6.98. The van der Waals surface area contributed by atoms with Crippen LogP contribution >= 0.6 is 0 Å². The predicted molar refractivity (Wildman–Crippen MR) is 72.0 cm³/mol. The van der Waals surface area contributed by atoms with Gasteiger partial charge in [0.05, 0.1) is 10.9 Å². The van der Waals surface area contributed by atoms with E-state index in [0.717, 1.165) is 38.5 Å². The molecule has 3 N–H and O–H groups in total. The van der Waals surface area contributed by atoms with Gasteiger partial charge in [-0.1, -0.05) is 6.42 Å². The number of hydrogen-bond acceptors (Lipinski definition) is 4. The Kier molecular flexibility index (Phi) is 4.04. The first-order valence-corrected chi connectivity index (χ1v) is 8.93. The normalized spacial score (nSPS) is 42.7. The number of rotatable bonds is 2. The van der Waals surface area contributed by atoms with E-state index >= 15 is 0 Å². The van der Waals surface area contributed by atoms with E-state index in [9.17, 15) is 13.5 Å². The van der Waals surface area contributed by atoms with Crippen LogP contribution in [0.5, 0.6) is 0 Å². The van der Waals surface area contributed by atoms with Crippen molar-refractivity contribution in [2.45, 2.75) is 68.3 Å². The first kappa shape index (κ1) is 14.3. The van der Waals surface area contributed by atoms with Gasteiger partial charge in [0.2, 0.25) is 0 Å². The molecule has 0 aromatic rings. The molecule has 2 aliphatic rings. The van der Waals surface area contributed by atoms with Crippen molar-refractivity contribution >= 4 is 9.84 Å². The zero-order valence-electron chi connectivity index (χ0n) is 11.1. The van der Waals surface area contributed by atoms with E-state index in [0.29, 0.717) is 12.8 Å². The molecule has 0 spiro atoms. The molecule has 18 heavy (non-hydrogen) atoms. The van der Waals surface area contributed by atoms with Gasteiger partial charge in [0, 0.05) is 12.3 Å². The van der Waals surface area contributed by atoms with Crippen LogP contribution in [0.15, 0.2) is 0 Å². The van der Waals surface area contributed by atoms with Crippen LogP contribution in [-0.2, 0) is 9.84 Å². The molecular formula is C13H25NO3S. The summed E-state index contributed by atoms with van der Waals surface area (Å²) in [5.41, 5.74) is 5.24. The van der Waals surface area contributed by atoms with Gasteiger partial charge in [-0.15, -0.1) is 0 Å². The monoisotopic (exact) mass is 275 g/mol. The fraction of sp³-hybridized carbons (Fsp3) is 1.00. The topological polar surface area (TPSA) is 80.4 Å². The SMILES string of the molecule is CS(=O)(=O)C1CCCC(C2(O)CCCC(N)C2)C1. The lowest BCUT2D eigenvalue weighted by molar-refractivity contribution is -0.0651. The molecule has 0 amide bonds. The number of sulfone groups is 1. The average molecular weight is 275 g/mol. The Labute approximate surface area is 110 Å². The largest absolute Gasteiger partial charge is 0.390 e. The van der Waals surface area contributed by atoms with Crippen LogP contribution in [0.4, 0.5) is 0 Å². The van der Waals surface area contributed by atoms with Gasteiger partial charge in [-0.2, -0.15) is 0 Å². The third-order valence-corrected chi connectivity index (χ3v) is 6.43. The molecule has 2 fully saturated rings. The summed E-state index contributed by atoms with van der Waals surface area (Å²) in [6, 6.07) is 0.0716. The quantitative estimate of drug-likeness (QED) is 0.794. The Bertz CT molecular complexity index is 395. The van der Waals surface area contributed by atoms with Crippen LogP contribution in [0.1, 0.15) is 51.4 Å². The van der Waals surface area contributed by atoms with Crippen LogP contribution in [-0.4, -0.2) is 36.7 Å². The molecule has 0 heterocycles. The van der Waals surface area contributed by atoms with E-state index in [-0.39, 0.29) is 17.2 Å². The van der Waals surface area contributed by atoms with Gasteiger partial charge >= 0.3 is 0 Å². The number of aliphatic hydroxyl groups is 1. The van der Waals surface area contributed by atoms with Crippen molar-refractivity contribution in [1.82, 2.24) is 0 Å². The highest BCUT2D eigenvalue weighted by atomic mass is 32.2. The van der Waals surface area contributed by atoms with Gasteiger partial charge in [-0.3, -0.25) is 0 Å². The highest BCUT2D eigenvalue weighted by Crippen LogP contribution is 2.42. The molecule has 0 saturated heterocycles. The maximum absolute atomic E-state index is 11.7. The minimum absolute atomic E-state index is 0.0716. The van der Waals surface area contributed by atoms with Crippen molar-refractivity contribution in [2.24, 2.45) is 11.7 Å². The highest BCUT2D eigenvalue weighted by molar-refractivity contribution is 7.91. The van der Waals surface area contributed by atoms with Crippen molar-refractivity contribution in [3.8, 4) is 0 Å². The van der Waals surface area contributed by atoms with E-state index < -0.39 is 15.4 Å². The van der Waals surface area contributed by atoms with Crippen molar-refractivity contribution < 1.29 is 13.5 Å². The molecule has 2 rings (SSSR count). The summed E-state index contributed by atoms with van der Waals surface area (Å²) >= 11 is 0. The molecule has 0 aromatic heterocycles. The van der Waals surface area contributed by atoms with E-state index in [1.165, 1.54) is 6.26 Å². The fourth-order valence-corrected chi connectivity index (χ4v) is 4.90. The van der Waals surface area contributed by atoms with Crippen LogP contribution in [0.25, 0.3) is 0 Å². The second kappa shape index (κ2) is 5.10. The van der Waals surface area contributed by atoms with Gasteiger partial charge in [0.25, 0.3) is 0 Å². The summed E-state index contributed by atoms with van der Waals surface area (Å²) in [6.07, 6.45) is 7.86. The molecule has 0 radical (unpaired) electrons. The Morgan fingerprint density at radius 2 is 1.94 bits per heavy atom. The van der Waals surface area contributed by atoms with Crippen LogP contribution in [0.3, 0.4) is 0 Å². The highest BCUT2D eigenvalue weighted by Gasteiger charge is 2.43. The van der Waals surface area contributed by atoms with Crippen molar-refractivity contribution in [2.75, 3.05) is 6.26 Å². The number of hydrogen-bond donors (Lipinski definition) is 2. The van der Waals surface area contributed by atoms with Crippen molar-refractivity contribution in [3.05, 3.63) is 0 Å². The molecule has 0 aromatic carbocycles. The summed E-state index contributed by atoms with van der Waals surface area (Å²) in [6.45, 7) is 0. The molecule has 2 saturated carbocycles. The smallest absolute Gasteiger partial charge is 0.150 e. The second-order valence-electron chi connectivity index (χ2n) is 6.28. The van der Waals surface area contributed by atoms with E-state index in [2.05, 4.69) is 0 Å². The van der Waals surface area contributed by atoms with Gasteiger partial charge in [0.1, 0.15) is 9.84 Å². The standard InChI is InChI=1S/C13H25NO3S/c1-18(16,17)12-6-2-4-10(8-12)13(15)7-3-5-11(14)9-13/h10-12,15H,2-9,14H2,1H3. The van der Waals surface area contributed by atoms with Gasteiger partial charge in [0.15, 0.2) is 0 Å². The van der Waals surface area contributed by atoms with E-state index in [1.807, 2.05) is 0 Å². The average Bonchev–Trinajstić information content (AvgIpc) is 2.28. The third-order valence-electron chi connectivity index (χ3n) is 4.79. The van der Waals surface area contributed by atoms with Gasteiger partial charge < -0.3 is 10.8 Å². The van der Waals surface area contributed by atoms with Crippen LogP contribution in [0.2, 0.25) is 0 Å². The lowest BCUT2D eigenvalue weighted by Gasteiger charge is -2.44. The summed E-state index contributed by atoms with van der Waals surface area (Å²) in [5, 5.41) is 10.5. The summed E-state index contributed by atoms with van der Waals surface area (Å²) in [7, 11) is -2.98. The van der Waals surface area contributed by atoms with Crippen LogP contribution < -0.4 is 5.73 Å². The predicted octanol–water partition coefficient (Wildman–Crippen LogP) is 1.22. The Morgan fingerprint density at radius 3 is 2.56 bits per heavy atom. The van der Waals surface area contributed by atoms with Crippen molar-refractivity contribution in [1.29, 1.82) is 0 Å². The molecular weight excluding hydrogens is 250 g/mol. The molecule has 4 nitrogen and oxygen atoms in total. The third kappa shape index (κ3) is 3.06. The lowest BCUT2D eigenvalue weighted by Crippen LogP contribution is -2.49. The molecule has 106 valence electrons. The van der Waals surface area contributed by atoms with Gasteiger partial charge in [-0.25, -0.2) is 8.42 Å². The molecule has 2 aliphatic carbocycles. The number of nitrogens with two attached hydrogens (primary N) is 1.